The second-order valence-electron chi connectivity index (χ2n) is 8.26. The standard InChI is InChI=1S/C25H24FN5O3/c1-16(2)22(28-23(32)18-9-11-19(26)12-10-18)24(33)27-20-7-5-6-17(14-20)15-31-25(34)30-13-4-3-8-21(30)29-31/h3-14,16,22H,15H2,1-2H3,(H,27,33)(H,28,32). The van der Waals surface area contributed by atoms with Gasteiger partial charge in [-0.3, -0.25) is 14.0 Å². The topological polar surface area (TPSA) is 97.5 Å². The predicted molar refractivity (Wildman–Crippen MR) is 126 cm³/mol. The minimum Gasteiger partial charge on any atom is -0.340 e. The summed E-state index contributed by atoms with van der Waals surface area (Å²) < 4.78 is 16.0. The number of hydrogen-bond donors (Lipinski definition) is 2. The van der Waals surface area contributed by atoms with E-state index in [1.807, 2.05) is 26.0 Å². The highest BCUT2D eigenvalue weighted by Gasteiger charge is 2.25. The van der Waals surface area contributed by atoms with E-state index in [1.165, 1.54) is 33.3 Å². The van der Waals surface area contributed by atoms with Gasteiger partial charge in [0.2, 0.25) is 5.91 Å². The molecule has 0 aliphatic rings. The number of fused-ring (bicyclic) bond motifs is 1. The van der Waals surface area contributed by atoms with E-state index in [0.717, 1.165) is 5.56 Å². The zero-order valence-corrected chi connectivity index (χ0v) is 18.7. The zero-order chi connectivity index (χ0) is 24.2. The molecule has 2 amide bonds. The van der Waals surface area contributed by atoms with Gasteiger partial charge in [-0.25, -0.2) is 13.9 Å². The smallest absolute Gasteiger partial charge is 0.340 e. The molecular formula is C25H24FN5O3. The van der Waals surface area contributed by atoms with Crippen LogP contribution in [0.15, 0.2) is 77.7 Å². The number of amides is 2. The molecule has 2 heterocycles. The molecule has 1 unspecified atom stereocenters. The van der Waals surface area contributed by atoms with Crippen LogP contribution in [0.3, 0.4) is 0 Å². The molecule has 34 heavy (non-hydrogen) atoms. The number of hydrogen-bond acceptors (Lipinski definition) is 4. The minimum atomic E-state index is -0.803. The Morgan fingerprint density at radius 3 is 2.50 bits per heavy atom. The second-order valence-corrected chi connectivity index (χ2v) is 8.26. The van der Waals surface area contributed by atoms with Crippen LogP contribution in [0.25, 0.3) is 5.65 Å². The lowest BCUT2D eigenvalue weighted by atomic mass is 10.0. The Labute approximate surface area is 195 Å². The number of anilines is 1. The highest BCUT2D eigenvalue weighted by Crippen LogP contribution is 2.14. The maximum absolute atomic E-state index is 13.1. The molecule has 0 radical (unpaired) electrons. The molecule has 174 valence electrons. The quantitative estimate of drug-likeness (QED) is 0.442. The molecule has 2 N–H and O–H groups in total. The third-order valence-corrected chi connectivity index (χ3v) is 5.36. The highest BCUT2D eigenvalue weighted by atomic mass is 19.1. The Bertz CT molecular complexity index is 1390. The molecular weight excluding hydrogens is 437 g/mol. The summed E-state index contributed by atoms with van der Waals surface area (Å²) in [4.78, 5) is 38.0. The largest absolute Gasteiger partial charge is 0.350 e. The molecule has 0 aliphatic carbocycles. The normalized spacial score (nSPS) is 12.0. The number of carbonyl (C=O) groups is 2. The summed E-state index contributed by atoms with van der Waals surface area (Å²) in [6.45, 7) is 3.88. The summed E-state index contributed by atoms with van der Waals surface area (Å²) in [5.41, 5.74) is 1.86. The van der Waals surface area contributed by atoms with Gasteiger partial charge in [-0.1, -0.05) is 32.0 Å². The number of rotatable bonds is 7. The Morgan fingerprint density at radius 1 is 1.03 bits per heavy atom. The minimum absolute atomic E-state index is 0.191. The van der Waals surface area contributed by atoms with E-state index < -0.39 is 17.8 Å². The summed E-state index contributed by atoms with van der Waals surface area (Å²) in [5.74, 6) is -1.48. The van der Waals surface area contributed by atoms with Crippen LogP contribution in [0.1, 0.15) is 29.8 Å². The average Bonchev–Trinajstić information content (AvgIpc) is 3.13. The molecule has 4 aromatic rings. The van der Waals surface area contributed by atoms with Crippen molar-refractivity contribution in [1.29, 1.82) is 0 Å². The first-order chi connectivity index (χ1) is 16.3. The molecule has 1 atom stereocenters. The number of nitrogens with one attached hydrogen (secondary N) is 2. The van der Waals surface area contributed by atoms with Crippen LogP contribution in [0.4, 0.5) is 10.1 Å². The highest BCUT2D eigenvalue weighted by molar-refractivity contribution is 6.01. The van der Waals surface area contributed by atoms with Gasteiger partial charge in [-0.05, 0) is 60.0 Å². The maximum Gasteiger partial charge on any atom is 0.350 e. The molecule has 2 aromatic carbocycles. The molecule has 8 nitrogen and oxygen atoms in total. The first kappa shape index (κ1) is 22.9. The Balaban J connectivity index is 1.47. The number of pyridine rings is 1. The van der Waals surface area contributed by atoms with Gasteiger partial charge in [0.1, 0.15) is 11.9 Å². The monoisotopic (exact) mass is 461 g/mol. The van der Waals surface area contributed by atoms with Crippen molar-refractivity contribution in [2.45, 2.75) is 26.4 Å². The van der Waals surface area contributed by atoms with Crippen molar-refractivity contribution in [3.63, 3.8) is 0 Å². The number of halogens is 1. The van der Waals surface area contributed by atoms with Gasteiger partial charge in [0, 0.05) is 17.4 Å². The number of carbonyl (C=O) groups excluding carboxylic acids is 2. The Morgan fingerprint density at radius 2 is 1.79 bits per heavy atom. The number of benzene rings is 2. The molecule has 0 spiro atoms. The Hall–Kier alpha value is -4.27. The third kappa shape index (κ3) is 5.03. The van der Waals surface area contributed by atoms with Gasteiger partial charge in [-0.2, -0.15) is 0 Å². The van der Waals surface area contributed by atoms with Crippen molar-refractivity contribution in [1.82, 2.24) is 19.5 Å². The first-order valence-corrected chi connectivity index (χ1v) is 10.8. The lowest BCUT2D eigenvalue weighted by molar-refractivity contribution is -0.118. The molecule has 0 saturated heterocycles. The van der Waals surface area contributed by atoms with Crippen LogP contribution >= 0.6 is 0 Å². The van der Waals surface area contributed by atoms with E-state index in [-0.39, 0.29) is 29.6 Å². The summed E-state index contributed by atoms with van der Waals surface area (Å²) in [5, 5.41) is 9.87. The van der Waals surface area contributed by atoms with Gasteiger partial charge in [0.25, 0.3) is 5.91 Å². The van der Waals surface area contributed by atoms with E-state index in [9.17, 15) is 18.8 Å². The van der Waals surface area contributed by atoms with Crippen LogP contribution < -0.4 is 16.3 Å². The second kappa shape index (κ2) is 9.70. The SMILES string of the molecule is CC(C)C(NC(=O)c1ccc(F)cc1)C(=O)Nc1cccc(Cn2nc3ccccn3c2=O)c1. The van der Waals surface area contributed by atoms with E-state index in [4.69, 9.17) is 0 Å². The van der Waals surface area contributed by atoms with Crippen LogP contribution in [-0.2, 0) is 11.3 Å². The first-order valence-electron chi connectivity index (χ1n) is 10.8. The maximum atomic E-state index is 13.1. The zero-order valence-electron chi connectivity index (χ0n) is 18.7. The van der Waals surface area contributed by atoms with Crippen molar-refractivity contribution < 1.29 is 14.0 Å². The van der Waals surface area contributed by atoms with Crippen molar-refractivity contribution in [3.05, 3.63) is 100 Å². The predicted octanol–water partition coefficient (Wildman–Crippen LogP) is 3.08. The van der Waals surface area contributed by atoms with Crippen LogP contribution in [0.5, 0.6) is 0 Å². The molecule has 0 bridgehead atoms. The van der Waals surface area contributed by atoms with E-state index in [2.05, 4.69) is 15.7 Å². The van der Waals surface area contributed by atoms with Crippen LogP contribution in [0.2, 0.25) is 0 Å². The molecule has 9 heteroatoms. The van der Waals surface area contributed by atoms with Crippen molar-refractivity contribution in [2.24, 2.45) is 5.92 Å². The van der Waals surface area contributed by atoms with Gasteiger partial charge >= 0.3 is 5.69 Å². The lowest BCUT2D eigenvalue weighted by Crippen LogP contribution is -2.47. The number of aromatic nitrogens is 3. The fourth-order valence-corrected chi connectivity index (χ4v) is 3.57. The molecule has 0 saturated carbocycles. The Kier molecular flexibility index (Phi) is 6.53. The molecule has 2 aromatic heterocycles. The average molecular weight is 461 g/mol. The van der Waals surface area contributed by atoms with Gasteiger partial charge in [0.05, 0.1) is 6.54 Å². The van der Waals surface area contributed by atoms with Crippen molar-refractivity contribution in [2.75, 3.05) is 5.32 Å². The van der Waals surface area contributed by atoms with Gasteiger partial charge in [0.15, 0.2) is 5.65 Å². The van der Waals surface area contributed by atoms with Gasteiger partial charge in [-0.15, -0.1) is 5.10 Å². The van der Waals surface area contributed by atoms with Crippen LogP contribution in [0, 0.1) is 11.7 Å². The fourth-order valence-electron chi connectivity index (χ4n) is 3.57. The lowest BCUT2D eigenvalue weighted by Gasteiger charge is -2.22. The summed E-state index contributed by atoms with van der Waals surface area (Å²) >= 11 is 0. The van der Waals surface area contributed by atoms with Crippen LogP contribution in [-0.4, -0.2) is 32.0 Å². The summed E-state index contributed by atoms with van der Waals surface area (Å²) in [7, 11) is 0. The van der Waals surface area contributed by atoms with Crippen molar-refractivity contribution >= 4 is 23.1 Å². The summed E-state index contributed by atoms with van der Waals surface area (Å²) in [6.07, 6.45) is 1.66. The van der Waals surface area contributed by atoms with E-state index >= 15 is 0 Å². The third-order valence-electron chi connectivity index (χ3n) is 5.36. The fraction of sp³-hybridized carbons (Fsp3) is 0.200. The number of nitrogens with zero attached hydrogens (tertiary/aromatic N) is 3. The van der Waals surface area contributed by atoms with Gasteiger partial charge < -0.3 is 10.6 Å². The van der Waals surface area contributed by atoms with Crippen molar-refractivity contribution in [3.8, 4) is 0 Å². The molecule has 4 rings (SSSR count). The summed E-state index contributed by atoms with van der Waals surface area (Å²) in [6, 6.07) is 16.7. The molecule has 0 aliphatic heterocycles. The van der Waals surface area contributed by atoms with E-state index in [1.54, 1.807) is 36.5 Å². The van der Waals surface area contributed by atoms with E-state index in [0.29, 0.717) is 11.3 Å². The molecule has 0 fully saturated rings.